The molecule has 0 radical (unpaired) electrons. The van der Waals surface area contributed by atoms with Crippen LogP contribution in [0.4, 0.5) is 25.1 Å². The monoisotopic (exact) mass is 932 g/mol. The molecule has 10 rings (SSSR count). The van der Waals surface area contributed by atoms with Gasteiger partial charge < -0.3 is 24.4 Å². The van der Waals surface area contributed by atoms with Crippen LogP contribution in [-0.2, 0) is 22.6 Å². The highest BCUT2D eigenvalue weighted by Gasteiger charge is 2.54. The summed E-state index contributed by atoms with van der Waals surface area (Å²) < 4.78 is 49.1. The number of ether oxygens (including phenoxy) is 3. The molecule has 6 aromatic rings. The van der Waals surface area contributed by atoms with Crippen molar-refractivity contribution in [3.8, 4) is 28.3 Å². The minimum absolute atomic E-state index is 0.0996. The number of pyridine rings is 1. The highest BCUT2D eigenvalue weighted by Crippen LogP contribution is 2.55. The average Bonchev–Trinajstić information content (AvgIpc) is 3.95. The summed E-state index contributed by atoms with van der Waals surface area (Å²) in [5.41, 5.74) is 4.22. The lowest BCUT2D eigenvalue weighted by molar-refractivity contribution is -0.160. The fraction of sp³-hybridized carbons (Fsp3) is 0.451. The molecule has 3 aromatic heterocycles. The van der Waals surface area contributed by atoms with Crippen LogP contribution in [0.3, 0.4) is 0 Å². The van der Waals surface area contributed by atoms with Crippen LogP contribution in [0.2, 0.25) is 0 Å². The van der Waals surface area contributed by atoms with Gasteiger partial charge in [0, 0.05) is 55.4 Å². The number of β-amino-alcohol motifs (C(OH)–C–C–N with tert-alkyl or cyclic N) is 1. The molecule has 2 bridgehead atoms. The second-order valence-corrected chi connectivity index (χ2v) is 19.6. The Morgan fingerprint density at radius 2 is 1.62 bits per heavy atom. The predicted molar refractivity (Wildman–Crippen MR) is 253 cm³/mol. The topological polar surface area (TPSA) is 168 Å². The number of halogens is 2. The first kappa shape index (κ1) is 46.8. The summed E-state index contributed by atoms with van der Waals surface area (Å²) in [6, 6.07) is 16.9. The van der Waals surface area contributed by atoms with Crippen LogP contribution < -0.4 is 14.4 Å². The van der Waals surface area contributed by atoms with E-state index < -0.39 is 41.4 Å². The van der Waals surface area contributed by atoms with E-state index in [4.69, 9.17) is 19.3 Å². The van der Waals surface area contributed by atoms with E-state index in [1.54, 1.807) is 65.6 Å². The Morgan fingerprint density at radius 3 is 2.24 bits per heavy atom. The van der Waals surface area contributed by atoms with Gasteiger partial charge in [-0.3, -0.25) is 19.6 Å². The highest BCUT2D eigenvalue weighted by molar-refractivity contribution is 6.05. The summed E-state index contributed by atoms with van der Waals surface area (Å²) in [5, 5.41) is 25.7. The van der Waals surface area contributed by atoms with Gasteiger partial charge in [0.2, 0.25) is 0 Å². The van der Waals surface area contributed by atoms with Crippen LogP contribution in [-0.4, -0.2) is 108 Å². The van der Waals surface area contributed by atoms with Gasteiger partial charge in [0.25, 0.3) is 6.43 Å². The maximum absolute atomic E-state index is 14.7. The number of hydrogen-bond donors (Lipinski definition) is 2. The third-order valence-electron chi connectivity index (χ3n) is 14.4. The number of rotatable bonds is 13. The summed E-state index contributed by atoms with van der Waals surface area (Å²) in [6.45, 7) is 9.19. The van der Waals surface area contributed by atoms with E-state index in [9.17, 15) is 28.6 Å². The number of aliphatic carboxylic acids is 1. The van der Waals surface area contributed by atoms with Crippen molar-refractivity contribution in [2.45, 2.75) is 109 Å². The number of hydrogen-bond acceptors (Lipinski definition) is 12. The summed E-state index contributed by atoms with van der Waals surface area (Å²) in [4.78, 5) is 45.4. The molecule has 4 fully saturated rings. The molecule has 0 spiro atoms. The maximum atomic E-state index is 14.7. The Bertz CT molecular complexity index is 2870. The van der Waals surface area contributed by atoms with Gasteiger partial charge >= 0.3 is 12.1 Å². The van der Waals surface area contributed by atoms with Gasteiger partial charge in [-0.25, -0.2) is 33.1 Å². The molecule has 358 valence electrons. The Balaban J connectivity index is 1.09. The number of alkyl halides is 2. The molecule has 68 heavy (non-hydrogen) atoms. The Morgan fingerprint density at radius 1 is 0.941 bits per heavy atom. The normalized spacial score (nSPS) is 20.7. The third-order valence-corrected chi connectivity index (χ3v) is 14.4. The molecule has 1 amide bonds. The zero-order chi connectivity index (χ0) is 48.3. The second-order valence-electron chi connectivity index (χ2n) is 19.6. The van der Waals surface area contributed by atoms with E-state index >= 15 is 0 Å². The van der Waals surface area contributed by atoms with Gasteiger partial charge in [-0.2, -0.15) is 5.10 Å². The van der Waals surface area contributed by atoms with E-state index in [0.29, 0.717) is 85.9 Å². The number of benzene rings is 3. The number of carboxylic acid groups (broad SMARTS) is 1. The molecule has 3 aliphatic carbocycles. The summed E-state index contributed by atoms with van der Waals surface area (Å²) >= 11 is 0. The second kappa shape index (κ2) is 18.0. The van der Waals surface area contributed by atoms with Crippen LogP contribution in [0.1, 0.15) is 94.7 Å². The van der Waals surface area contributed by atoms with Crippen LogP contribution in [0, 0.1) is 12.3 Å². The van der Waals surface area contributed by atoms with Crippen LogP contribution >= 0.6 is 0 Å². The predicted octanol–water partition coefficient (Wildman–Crippen LogP) is 9.54. The van der Waals surface area contributed by atoms with Crippen molar-refractivity contribution in [2.24, 2.45) is 5.41 Å². The number of fused-ring (bicyclic) bond motifs is 5. The molecule has 2 N–H and O–H groups in total. The molecule has 1 atom stereocenters. The number of likely N-dealkylation sites (tertiary alicyclic amines) is 1. The first-order chi connectivity index (χ1) is 32.4. The van der Waals surface area contributed by atoms with Crippen molar-refractivity contribution < 1.29 is 42.8 Å². The molecule has 4 aliphatic rings. The number of nitrogens with zero attached hydrogens (tertiary/aromatic N) is 8. The molecular weight excluding hydrogens is 875 g/mol. The Labute approximate surface area is 393 Å². The number of methoxy groups -OCH3 is 2. The largest absolute Gasteiger partial charge is 0.496 e. The van der Waals surface area contributed by atoms with Crippen molar-refractivity contribution in [2.75, 3.05) is 39.3 Å². The van der Waals surface area contributed by atoms with Gasteiger partial charge in [0.15, 0.2) is 11.6 Å². The van der Waals surface area contributed by atoms with Crippen molar-refractivity contribution in [1.82, 2.24) is 34.5 Å². The van der Waals surface area contributed by atoms with E-state index in [1.165, 1.54) is 4.90 Å². The fourth-order valence-corrected chi connectivity index (χ4v) is 10.6. The molecular formula is C51H58F2N8O7. The van der Waals surface area contributed by atoms with Crippen molar-refractivity contribution >= 4 is 45.5 Å². The number of anilines is 2. The van der Waals surface area contributed by atoms with Crippen LogP contribution in [0.15, 0.2) is 67.0 Å². The molecule has 1 aliphatic heterocycles. The summed E-state index contributed by atoms with van der Waals surface area (Å²) in [7, 11) is 5.37. The smallest absolute Gasteiger partial charge is 0.420 e. The number of aliphatic hydroxyl groups is 1. The van der Waals surface area contributed by atoms with Crippen LogP contribution in [0.25, 0.3) is 38.8 Å². The van der Waals surface area contributed by atoms with Crippen molar-refractivity contribution in [1.29, 1.82) is 0 Å². The lowest BCUT2D eigenvalue weighted by Crippen LogP contribution is -2.56. The molecule has 17 heteroatoms. The van der Waals surface area contributed by atoms with Gasteiger partial charge in [-0.1, -0.05) is 24.3 Å². The summed E-state index contributed by atoms with van der Waals surface area (Å²) in [5.74, 6) is -0.331. The lowest BCUT2D eigenvalue weighted by atomic mass is 9.57. The number of aliphatic hydroxyl groups excluding tert-OH is 1. The first-order valence-corrected chi connectivity index (χ1v) is 23.1. The fourth-order valence-electron chi connectivity index (χ4n) is 10.6. The number of amides is 1. The number of carbonyl (C=O) groups excluding carboxylic acids is 1. The number of carboxylic acids is 1. The van der Waals surface area contributed by atoms with Gasteiger partial charge in [0.1, 0.15) is 22.6 Å². The molecule has 1 saturated heterocycles. The van der Waals surface area contributed by atoms with E-state index in [2.05, 4.69) is 31.8 Å². The maximum Gasteiger partial charge on any atom is 0.420 e. The summed E-state index contributed by atoms with van der Waals surface area (Å²) in [6.07, 6.45) is 4.20. The molecule has 3 saturated carbocycles. The van der Waals surface area contributed by atoms with E-state index in [-0.39, 0.29) is 22.4 Å². The van der Waals surface area contributed by atoms with E-state index in [0.717, 1.165) is 46.9 Å². The Hall–Kier alpha value is -6.30. The minimum atomic E-state index is -3.05. The average molecular weight is 933 g/mol. The standard InChI is InChI=1S/C51H58F2N8O7/c1-30-34(10-8-12-39(30)60(48(65)68-49(2,3)4)46-43-38(56-45(57-46)44(52)53)22-31(25-54-43)27-59-21-14-33(62)28-59)35-11-9-13-40-36(35)26-55-61(40)32-23-41(66-6)37(42(24-32)67-7)29-58(5)51-18-15-50(16-19-51,17-20-51)47(63)64/h8-13,22-26,33,44,62H,14-21,27-29H2,1-7H3,(H,63,64)/t33-,50?,51?/m1/s1. The van der Waals surface area contributed by atoms with Gasteiger partial charge in [0.05, 0.1) is 59.9 Å². The van der Waals surface area contributed by atoms with E-state index in [1.807, 2.05) is 48.0 Å². The molecule has 15 nitrogen and oxygen atoms in total. The molecule has 3 aromatic carbocycles. The number of carbonyl (C=O) groups is 2. The highest BCUT2D eigenvalue weighted by atomic mass is 19.3. The quantitative estimate of drug-likeness (QED) is 0.112. The SMILES string of the molecule is COc1cc(-n2ncc3c(-c4cccc(N(C(=O)OC(C)(C)C)c5nc(C(F)F)nc6cc(CN7CC[C@@H](O)C7)cnc56)c4C)cccc32)cc(OC)c1CN(C)C12CCC(C(=O)O)(CC1)CC2. The van der Waals surface area contributed by atoms with Crippen molar-refractivity contribution in [3.05, 3.63) is 89.5 Å². The molecule has 4 heterocycles. The van der Waals surface area contributed by atoms with Crippen molar-refractivity contribution in [3.63, 3.8) is 0 Å². The lowest BCUT2D eigenvalue weighted by Gasteiger charge is -2.55. The number of aromatic nitrogens is 5. The third kappa shape index (κ3) is 8.60. The Kier molecular flexibility index (Phi) is 12.4. The molecule has 0 unspecified atom stereocenters. The zero-order valence-corrected chi connectivity index (χ0v) is 39.6. The van der Waals surface area contributed by atoms with Crippen LogP contribution in [0.5, 0.6) is 11.5 Å². The van der Waals surface area contributed by atoms with Gasteiger partial charge in [-0.15, -0.1) is 0 Å². The zero-order valence-electron chi connectivity index (χ0n) is 39.6. The van der Waals surface area contributed by atoms with Gasteiger partial charge in [-0.05, 0) is 120 Å². The minimum Gasteiger partial charge on any atom is -0.496 e. The first-order valence-electron chi connectivity index (χ1n) is 23.1.